The molecule has 0 saturated carbocycles. The van der Waals surface area contributed by atoms with E-state index in [-0.39, 0.29) is 17.8 Å². The molecule has 32 heavy (non-hydrogen) atoms. The molecule has 2 amide bonds. The molecule has 10 heteroatoms. The number of fused-ring (bicyclic) bond motifs is 4. The molecule has 0 unspecified atom stereocenters. The average Bonchev–Trinajstić information content (AvgIpc) is 2.93. The van der Waals surface area contributed by atoms with Gasteiger partial charge in [-0.25, -0.2) is 8.78 Å². The van der Waals surface area contributed by atoms with E-state index in [1.54, 1.807) is 0 Å². The quantitative estimate of drug-likeness (QED) is 0.750. The van der Waals surface area contributed by atoms with Crippen LogP contribution >= 0.6 is 0 Å². The summed E-state index contributed by atoms with van der Waals surface area (Å²) in [6.45, 7) is 0.916. The van der Waals surface area contributed by atoms with Crippen molar-refractivity contribution in [1.82, 2.24) is 14.8 Å². The molecule has 2 aliphatic heterocycles. The van der Waals surface area contributed by atoms with Gasteiger partial charge < -0.3 is 19.9 Å². The lowest BCUT2D eigenvalue weighted by Gasteiger charge is -2.36. The zero-order chi connectivity index (χ0) is 23.2. The predicted molar refractivity (Wildman–Crippen MR) is 108 cm³/mol. The Labute approximate surface area is 181 Å². The third-order valence-corrected chi connectivity index (χ3v) is 6.17. The van der Waals surface area contributed by atoms with Crippen molar-refractivity contribution in [2.45, 2.75) is 32.4 Å². The van der Waals surface area contributed by atoms with E-state index in [0.29, 0.717) is 24.9 Å². The molecule has 3 heterocycles. The molecule has 1 saturated heterocycles. The van der Waals surface area contributed by atoms with E-state index >= 15 is 0 Å². The van der Waals surface area contributed by atoms with Crippen LogP contribution in [-0.4, -0.2) is 46.2 Å². The Balaban J connectivity index is 1.70. The van der Waals surface area contributed by atoms with Crippen LogP contribution in [0, 0.1) is 24.5 Å². The first kappa shape index (κ1) is 21.9. The van der Waals surface area contributed by atoms with Crippen LogP contribution in [0.4, 0.5) is 13.2 Å². The van der Waals surface area contributed by atoms with Crippen molar-refractivity contribution in [3.63, 3.8) is 0 Å². The van der Waals surface area contributed by atoms with Gasteiger partial charge in [-0.15, -0.1) is 0 Å². The Morgan fingerprint density at radius 2 is 1.94 bits per heavy atom. The standard InChI is InChI=1S/C22H22F3N3O4/c1-11-5-15(24)13(16(25)6-11)8-26-21(31)14-9-28-17-10-27(4-2-3-12(17)7-23)22(32)18(28)20(30)19(14)29/h5-6,9,12,17,30H,2-4,7-8,10H2,1H3,(H,26,31)/t12-,17-/m0/s1. The van der Waals surface area contributed by atoms with Crippen molar-refractivity contribution < 1.29 is 27.9 Å². The van der Waals surface area contributed by atoms with Gasteiger partial charge in [0.1, 0.15) is 17.2 Å². The summed E-state index contributed by atoms with van der Waals surface area (Å²) >= 11 is 0. The van der Waals surface area contributed by atoms with Gasteiger partial charge in [0.25, 0.3) is 11.8 Å². The number of nitrogens with one attached hydrogen (secondary N) is 1. The maximum atomic E-state index is 14.1. The van der Waals surface area contributed by atoms with Crippen LogP contribution in [0.25, 0.3) is 0 Å². The van der Waals surface area contributed by atoms with Crippen molar-refractivity contribution >= 4 is 11.8 Å². The third kappa shape index (κ3) is 3.63. The molecule has 2 aliphatic rings. The zero-order valence-corrected chi connectivity index (χ0v) is 17.3. The summed E-state index contributed by atoms with van der Waals surface area (Å²) in [6.07, 6.45) is 2.21. The van der Waals surface area contributed by atoms with Gasteiger partial charge in [-0.3, -0.25) is 18.8 Å². The summed E-state index contributed by atoms with van der Waals surface area (Å²) in [5.74, 6) is -4.58. The maximum Gasteiger partial charge on any atom is 0.274 e. The predicted octanol–water partition coefficient (Wildman–Crippen LogP) is 2.45. The molecule has 7 nitrogen and oxygen atoms in total. The third-order valence-electron chi connectivity index (χ3n) is 6.17. The van der Waals surface area contributed by atoms with Gasteiger partial charge in [0.2, 0.25) is 5.43 Å². The molecule has 1 fully saturated rings. The number of pyridine rings is 1. The number of hydrogen-bond acceptors (Lipinski definition) is 4. The summed E-state index contributed by atoms with van der Waals surface area (Å²) in [6, 6.07) is 1.68. The fourth-order valence-corrected chi connectivity index (χ4v) is 4.45. The maximum absolute atomic E-state index is 14.1. The summed E-state index contributed by atoms with van der Waals surface area (Å²) in [5, 5.41) is 12.8. The molecule has 2 aromatic rings. The smallest absolute Gasteiger partial charge is 0.274 e. The van der Waals surface area contributed by atoms with Crippen LogP contribution < -0.4 is 10.7 Å². The number of hydrogen-bond donors (Lipinski definition) is 2. The summed E-state index contributed by atoms with van der Waals surface area (Å²) in [4.78, 5) is 39.6. The van der Waals surface area contributed by atoms with E-state index in [1.807, 2.05) is 0 Å². The van der Waals surface area contributed by atoms with Crippen LogP contribution in [0.3, 0.4) is 0 Å². The molecular formula is C22H22F3N3O4. The minimum Gasteiger partial charge on any atom is -0.503 e. The second-order valence-electron chi connectivity index (χ2n) is 8.24. The van der Waals surface area contributed by atoms with E-state index in [2.05, 4.69) is 5.32 Å². The lowest BCUT2D eigenvalue weighted by atomic mass is 9.95. The van der Waals surface area contributed by atoms with Gasteiger partial charge in [-0.05, 0) is 37.5 Å². The molecule has 1 aromatic carbocycles. The minimum atomic E-state index is -1.08. The van der Waals surface area contributed by atoms with E-state index in [0.717, 1.165) is 18.3 Å². The van der Waals surface area contributed by atoms with E-state index in [9.17, 15) is 32.7 Å². The van der Waals surface area contributed by atoms with Gasteiger partial charge in [0.15, 0.2) is 11.4 Å². The summed E-state index contributed by atoms with van der Waals surface area (Å²) in [7, 11) is 0. The van der Waals surface area contributed by atoms with Crippen LogP contribution in [0.15, 0.2) is 23.1 Å². The Kier molecular flexibility index (Phi) is 5.70. The number of aryl methyl sites for hydroxylation is 1. The molecule has 2 N–H and O–H groups in total. The van der Waals surface area contributed by atoms with Crippen molar-refractivity contribution in [2.75, 3.05) is 19.8 Å². The van der Waals surface area contributed by atoms with Gasteiger partial charge in [0.05, 0.1) is 12.7 Å². The molecule has 2 atom stereocenters. The minimum absolute atomic E-state index is 0.198. The van der Waals surface area contributed by atoms with Crippen molar-refractivity contribution in [3.8, 4) is 5.75 Å². The van der Waals surface area contributed by atoms with E-state index < -0.39 is 65.4 Å². The van der Waals surface area contributed by atoms with Crippen LogP contribution in [0.1, 0.15) is 50.9 Å². The second-order valence-corrected chi connectivity index (χ2v) is 8.24. The highest BCUT2D eigenvalue weighted by atomic mass is 19.1. The zero-order valence-electron chi connectivity index (χ0n) is 17.3. The summed E-state index contributed by atoms with van der Waals surface area (Å²) in [5.41, 5.74) is -1.86. The number of alkyl halides is 1. The first-order valence-electron chi connectivity index (χ1n) is 10.3. The molecule has 0 radical (unpaired) electrons. The molecular weight excluding hydrogens is 427 g/mol. The molecule has 0 spiro atoms. The van der Waals surface area contributed by atoms with Gasteiger partial charge >= 0.3 is 0 Å². The van der Waals surface area contributed by atoms with E-state index in [1.165, 1.54) is 16.4 Å². The molecule has 0 aliphatic carbocycles. The highest BCUT2D eigenvalue weighted by Crippen LogP contribution is 2.35. The topological polar surface area (TPSA) is 91.6 Å². The Morgan fingerprint density at radius 1 is 1.25 bits per heavy atom. The first-order valence-corrected chi connectivity index (χ1v) is 10.3. The van der Waals surface area contributed by atoms with Gasteiger partial charge in [0, 0.05) is 37.3 Å². The lowest BCUT2D eigenvalue weighted by Crippen LogP contribution is -2.46. The Morgan fingerprint density at radius 3 is 2.59 bits per heavy atom. The average molecular weight is 449 g/mol. The molecule has 4 rings (SSSR count). The number of aromatic nitrogens is 1. The normalized spacial score (nSPS) is 20.0. The van der Waals surface area contributed by atoms with Crippen LogP contribution in [0.5, 0.6) is 5.75 Å². The van der Waals surface area contributed by atoms with E-state index in [4.69, 9.17) is 0 Å². The Hall–Kier alpha value is -3.30. The van der Waals surface area contributed by atoms with Crippen molar-refractivity contribution in [1.29, 1.82) is 0 Å². The number of aromatic hydroxyl groups is 1. The largest absolute Gasteiger partial charge is 0.503 e. The second kappa shape index (κ2) is 8.33. The number of rotatable bonds is 4. The van der Waals surface area contributed by atoms with Crippen LogP contribution in [0.2, 0.25) is 0 Å². The van der Waals surface area contributed by atoms with Crippen molar-refractivity contribution in [3.05, 3.63) is 62.6 Å². The highest BCUT2D eigenvalue weighted by Gasteiger charge is 2.40. The Bertz CT molecular complexity index is 1140. The number of nitrogens with zero attached hydrogens (tertiary/aromatic N) is 2. The number of amides is 2. The molecule has 1 aromatic heterocycles. The highest BCUT2D eigenvalue weighted by molar-refractivity contribution is 5.99. The molecule has 2 bridgehead atoms. The number of carbonyl (C=O) groups excluding carboxylic acids is 2. The summed E-state index contributed by atoms with van der Waals surface area (Å²) < 4.78 is 43.1. The monoisotopic (exact) mass is 449 g/mol. The fourth-order valence-electron chi connectivity index (χ4n) is 4.45. The SMILES string of the molecule is Cc1cc(F)c(CNC(=O)c2cn3c(c(O)c2=O)C(=O)N2CCC[C@@H](CF)[C@@H]3C2)c(F)c1. The van der Waals surface area contributed by atoms with Gasteiger partial charge in [-0.2, -0.15) is 0 Å². The number of benzene rings is 1. The first-order chi connectivity index (χ1) is 15.2. The number of halogens is 3. The fraction of sp³-hybridized carbons (Fsp3) is 0.409. The van der Waals surface area contributed by atoms with Crippen LogP contribution in [-0.2, 0) is 6.54 Å². The number of carbonyl (C=O) groups is 2. The molecule has 170 valence electrons. The lowest BCUT2D eigenvalue weighted by molar-refractivity contribution is 0.0651. The van der Waals surface area contributed by atoms with Crippen molar-refractivity contribution in [2.24, 2.45) is 5.92 Å². The van der Waals surface area contributed by atoms with Gasteiger partial charge in [-0.1, -0.05) is 0 Å².